The maximum Gasteiger partial charge on any atom is 0.262 e. The summed E-state index contributed by atoms with van der Waals surface area (Å²) in [5.41, 5.74) is 0.781. The SMILES string of the molecule is C=CCn1c(SCC(=O)Nc2nc(C)c(Cl)cc2Cl)nc2cc(Cl)ccc2c1=O. The molecule has 1 aromatic carbocycles. The Kier molecular flexibility index (Phi) is 6.85. The lowest BCUT2D eigenvalue weighted by Gasteiger charge is -2.12. The van der Waals surface area contributed by atoms with Crippen LogP contribution < -0.4 is 10.9 Å². The molecule has 0 radical (unpaired) electrons. The van der Waals surface area contributed by atoms with Gasteiger partial charge in [0.05, 0.1) is 32.4 Å². The van der Waals surface area contributed by atoms with E-state index in [1.165, 1.54) is 10.6 Å². The normalized spacial score (nSPS) is 10.9. The molecule has 0 fully saturated rings. The molecule has 3 rings (SSSR count). The van der Waals surface area contributed by atoms with Gasteiger partial charge in [-0.25, -0.2) is 9.97 Å². The molecule has 0 bridgehead atoms. The predicted molar refractivity (Wildman–Crippen MR) is 120 cm³/mol. The molecule has 3 aromatic rings. The van der Waals surface area contributed by atoms with Gasteiger partial charge in [-0.15, -0.1) is 6.58 Å². The number of aryl methyl sites for hydroxylation is 1. The van der Waals surface area contributed by atoms with Crippen LogP contribution in [0.25, 0.3) is 10.9 Å². The topological polar surface area (TPSA) is 76.9 Å². The van der Waals surface area contributed by atoms with Gasteiger partial charge in [-0.1, -0.05) is 52.6 Å². The van der Waals surface area contributed by atoms with Crippen molar-refractivity contribution < 1.29 is 4.79 Å². The average molecular weight is 470 g/mol. The molecule has 2 heterocycles. The van der Waals surface area contributed by atoms with Crippen LogP contribution in [0, 0.1) is 6.92 Å². The zero-order valence-electron chi connectivity index (χ0n) is 15.2. The molecule has 2 aromatic heterocycles. The van der Waals surface area contributed by atoms with Crippen molar-refractivity contribution in [3.8, 4) is 0 Å². The van der Waals surface area contributed by atoms with Crippen molar-refractivity contribution in [2.24, 2.45) is 0 Å². The maximum absolute atomic E-state index is 12.8. The summed E-state index contributed by atoms with van der Waals surface area (Å²) in [5.74, 6) is -0.132. The number of benzene rings is 1. The lowest BCUT2D eigenvalue weighted by molar-refractivity contribution is -0.113. The van der Waals surface area contributed by atoms with Crippen molar-refractivity contribution in [3.05, 3.63) is 68.0 Å². The van der Waals surface area contributed by atoms with Crippen molar-refractivity contribution in [1.29, 1.82) is 0 Å². The quantitative estimate of drug-likeness (QED) is 0.313. The summed E-state index contributed by atoms with van der Waals surface area (Å²) >= 11 is 19.2. The van der Waals surface area contributed by atoms with Crippen LogP contribution in [0.15, 0.2) is 46.9 Å². The Morgan fingerprint density at radius 1 is 1.24 bits per heavy atom. The summed E-state index contributed by atoms with van der Waals surface area (Å²) in [6, 6.07) is 6.39. The number of carbonyl (C=O) groups is 1. The summed E-state index contributed by atoms with van der Waals surface area (Å²) in [6.45, 7) is 5.65. The number of halogens is 3. The standard InChI is InChI=1S/C19H15Cl3N4O2S/c1-3-6-26-18(28)12-5-4-11(20)7-15(12)24-19(26)29-9-16(27)25-17-14(22)8-13(21)10(2)23-17/h3-5,7-8H,1,6,9H2,2H3,(H,23,25,27). The largest absolute Gasteiger partial charge is 0.309 e. The molecule has 0 unspecified atom stereocenters. The molecule has 1 amide bonds. The average Bonchev–Trinajstić information content (AvgIpc) is 2.67. The van der Waals surface area contributed by atoms with Crippen LogP contribution in [0.2, 0.25) is 15.1 Å². The number of rotatable bonds is 6. The Balaban J connectivity index is 1.85. The fraction of sp³-hybridized carbons (Fsp3) is 0.158. The van der Waals surface area contributed by atoms with Crippen LogP contribution in [0.4, 0.5) is 5.82 Å². The van der Waals surface area contributed by atoms with Crippen LogP contribution in [-0.4, -0.2) is 26.2 Å². The second kappa shape index (κ2) is 9.17. The molecule has 10 heteroatoms. The lowest BCUT2D eigenvalue weighted by atomic mass is 10.2. The molecular weight excluding hydrogens is 455 g/mol. The first-order valence-electron chi connectivity index (χ1n) is 8.36. The number of fused-ring (bicyclic) bond motifs is 1. The van der Waals surface area contributed by atoms with Crippen LogP contribution in [0.5, 0.6) is 0 Å². The van der Waals surface area contributed by atoms with Crippen molar-refractivity contribution in [2.75, 3.05) is 11.1 Å². The zero-order chi connectivity index (χ0) is 21.1. The Morgan fingerprint density at radius 3 is 2.72 bits per heavy atom. The zero-order valence-corrected chi connectivity index (χ0v) is 18.3. The van der Waals surface area contributed by atoms with Gasteiger partial charge in [0.25, 0.3) is 5.56 Å². The fourth-order valence-corrected chi connectivity index (χ4v) is 3.90. The van der Waals surface area contributed by atoms with E-state index in [2.05, 4.69) is 21.9 Å². The van der Waals surface area contributed by atoms with E-state index in [4.69, 9.17) is 34.8 Å². The number of nitrogens with one attached hydrogen (secondary N) is 1. The minimum Gasteiger partial charge on any atom is -0.309 e. The Morgan fingerprint density at radius 2 is 2.00 bits per heavy atom. The number of pyridine rings is 1. The summed E-state index contributed by atoms with van der Waals surface area (Å²) in [5, 5.41) is 4.59. The Bertz CT molecular complexity index is 1180. The molecule has 150 valence electrons. The van der Waals surface area contributed by atoms with E-state index in [1.54, 1.807) is 31.2 Å². The van der Waals surface area contributed by atoms with Gasteiger partial charge in [0, 0.05) is 11.6 Å². The fourth-order valence-electron chi connectivity index (χ4n) is 2.52. The molecule has 0 saturated heterocycles. The van der Waals surface area contributed by atoms with Gasteiger partial charge in [0.2, 0.25) is 5.91 Å². The number of hydrogen-bond donors (Lipinski definition) is 1. The van der Waals surface area contributed by atoms with Gasteiger partial charge in [-0.05, 0) is 31.2 Å². The highest BCUT2D eigenvalue weighted by atomic mass is 35.5. The number of thioether (sulfide) groups is 1. The molecule has 0 aliphatic rings. The van der Waals surface area contributed by atoms with Gasteiger partial charge in [-0.2, -0.15) is 0 Å². The molecule has 0 aliphatic carbocycles. The van der Waals surface area contributed by atoms with E-state index >= 15 is 0 Å². The maximum atomic E-state index is 12.8. The number of hydrogen-bond acceptors (Lipinski definition) is 5. The molecule has 0 spiro atoms. The first kappa shape index (κ1) is 21.6. The van der Waals surface area contributed by atoms with Gasteiger partial charge in [0.1, 0.15) is 0 Å². The van der Waals surface area contributed by atoms with Crippen LogP contribution >= 0.6 is 46.6 Å². The monoisotopic (exact) mass is 468 g/mol. The first-order chi connectivity index (χ1) is 13.8. The number of carbonyl (C=O) groups excluding carboxylic acids is 1. The third kappa shape index (κ3) is 4.93. The highest BCUT2D eigenvalue weighted by Crippen LogP contribution is 2.26. The molecular formula is C19H15Cl3N4O2S. The van der Waals surface area contributed by atoms with E-state index in [0.29, 0.717) is 31.8 Å². The minimum atomic E-state index is -0.350. The third-order valence-corrected chi connectivity index (χ3v) is 5.77. The van der Waals surface area contributed by atoms with E-state index in [9.17, 15) is 9.59 Å². The van der Waals surface area contributed by atoms with Gasteiger partial charge < -0.3 is 5.32 Å². The molecule has 1 N–H and O–H groups in total. The summed E-state index contributed by atoms with van der Waals surface area (Å²) in [6.07, 6.45) is 1.59. The smallest absolute Gasteiger partial charge is 0.262 e. The minimum absolute atomic E-state index is 0.00462. The Labute approximate surface area is 185 Å². The second-order valence-corrected chi connectivity index (χ2v) is 8.18. The summed E-state index contributed by atoms with van der Waals surface area (Å²) in [7, 11) is 0. The van der Waals surface area contributed by atoms with E-state index < -0.39 is 0 Å². The number of allylic oxidation sites excluding steroid dienone is 1. The first-order valence-corrected chi connectivity index (χ1v) is 10.5. The number of nitrogens with zero attached hydrogens (tertiary/aromatic N) is 3. The predicted octanol–water partition coefficient (Wildman–Crippen LogP) is 4.98. The van der Waals surface area contributed by atoms with Crippen LogP contribution in [0.1, 0.15) is 5.69 Å². The summed E-state index contributed by atoms with van der Waals surface area (Å²) in [4.78, 5) is 33.8. The van der Waals surface area contributed by atoms with Gasteiger partial charge in [-0.3, -0.25) is 14.2 Å². The molecule has 29 heavy (non-hydrogen) atoms. The second-order valence-electron chi connectivity index (χ2n) is 5.98. The van der Waals surface area contributed by atoms with Gasteiger partial charge >= 0.3 is 0 Å². The highest BCUT2D eigenvalue weighted by molar-refractivity contribution is 7.99. The van der Waals surface area contributed by atoms with Crippen molar-refractivity contribution in [1.82, 2.24) is 14.5 Å². The van der Waals surface area contributed by atoms with Crippen LogP contribution in [-0.2, 0) is 11.3 Å². The molecule has 0 aliphatic heterocycles. The number of aromatic nitrogens is 3. The van der Waals surface area contributed by atoms with E-state index in [-0.39, 0.29) is 34.6 Å². The molecule has 0 atom stereocenters. The summed E-state index contributed by atoms with van der Waals surface area (Å²) < 4.78 is 1.46. The molecule has 6 nitrogen and oxygen atoms in total. The van der Waals surface area contributed by atoms with E-state index in [1.807, 2.05) is 0 Å². The van der Waals surface area contributed by atoms with Crippen LogP contribution in [0.3, 0.4) is 0 Å². The Hall–Kier alpha value is -2.06. The lowest BCUT2D eigenvalue weighted by Crippen LogP contribution is -2.24. The van der Waals surface area contributed by atoms with Gasteiger partial charge in [0.15, 0.2) is 11.0 Å². The number of anilines is 1. The van der Waals surface area contributed by atoms with Crippen molar-refractivity contribution in [3.63, 3.8) is 0 Å². The molecule has 0 saturated carbocycles. The number of amides is 1. The third-order valence-electron chi connectivity index (χ3n) is 3.89. The van der Waals surface area contributed by atoms with E-state index in [0.717, 1.165) is 11.8 Å². The van der Waals surface area contributed by atoms with Crippen molar-refractivity contribution >= 4 is 69.2 Å². The van der Waals surface area contributed by atoms with Crippen molar-refractivity contribution in [2.45, 2.75) is 18.6 Å². The highest BCUT2D eigenvalue weighted by Gasteiger charge is 2.15.